The Bertz CT molecular complexity index is 1200. The zero-order chi connectivity index (χ0) is 29.4. The van der Waals surface area contributed by atoms with Gasteiger partial charge in [-0.15, -0.1) is 11.6 Å². The maximum atomic E-state index is 5.46. The van der Waals surface area contributed by atoms with Crippen molar-refractivity contribution in [2.75, 3.05) is 28.8 Å². The first-order valence-electron chi connectivity index (χ1n) is 14.7. The molecule has 0 atom stereocenters. The molecule has 4 rings (SSSR count). The molecule has 0 bridgehead atoms. The Labute approximate surface area is 259 Å². The molecule has 218 valence electrons. The van der Waals surface area contributed by atoms with Crippen LogP contribution in [0.1, 0.15) is 107 Å². The summed E-state index contributed by atoms with van der Waals surface area (Å²) in [4.78, 5) is 4.96. The molecule has 4 heteroatoms. The molecule has 0 radical (unpaired) electrons. The molecule has 3 aromatic carbocycles. The minimum atomic E-state index is 0.493. The summed E-state index contributed by atoms with van der Waals surface area (Å²) in [6.45, 7) is 20.5. The Hall–Kier alpha value is -2.18. The average molecular weight is 650 g/mol. The van der Waals surface area contributed by atoms with Crippen LogP contribution in [0.2, 0.25) is 0 Å². The standard InChI is InChI=1S/C27H38N2.C9H9Cl.Pd/c1-18(2)22-11-9-13-24(26(22)20(5)6)28-15-16-29(17-28)25-14-10-12-23(19(3)4)27(25)21(7)8;10-8-4-7-9-5-2-1-3-6-9;/h9-14,18-21H,15-16H2,1-8H3;1-7H,8H2;. The van der Waals surface area contributed by atoms with Gasteiger partial charge in [-0.2, -0.15) is 0 Å². The molecule has 0 spiro atoms. The molecule has 1 aliphatic heterocycles. The maximum absolute atomic E-state index is 5.46. The van der Waals surface area contributed by atoms with Crippen molar-refractivity contribution in [1.82, 2.24) is 0 Å². The molecule has 0 N–H and O–H groups in total. The normalized spacial score (nSPS) is 13.8. The van der Waals surface area contributed by atoms with Gasteiger partial charge >= 0.3 is 195 Å². The van der Waals surface area contributed by atoms with Crippen LogP contribution in [0, 0.1) is 0 Å². The van der Waals surface area contributed by atoms with Crippen molar-refractivity contribution in [3.8, 4) is 0 Å². The SMILES string of the molecule is CC(C)c1cccc(N2CCN(c3cccc(C(C)C)c3C(C)C)[C]2=[Pd])c1C(C)C.ClCC=Cc1ccccc1. The Kier molecular flexibility index (Phi) is 12.3. The number of allylic oxidation sites excluding steroid dienone is 1. The molecular formula is C36H47ClN2Pd. The number of alkyl halides is 1. The van der Waals surface area contributed by atoms with Crippen molar-refractivity contribution < 1.29 is 18.7 Å². The van der Waals surface area contributed by atoms with Gasteiger partial charge in [0, 0.05) is 5.88 Å². The van der Waals surface area contributed by atoms with E-state index in [-0.39, 0.29) is 0 Å². The summed E-state index contributed by atoms with van der Waals surface area (Å²) in [6, 6.07) is 23.8. The van der Waals surface area contributed by atoms with Crippen molar-refractivity contribution in [3.05, 3.63) is 101 Å². The van der Waals surface area contributed by atoms with Gasteiger partial charge in [-0.25, -0.2) is 0 Å². The maximum Gasteiger partial charge on any atom is 0.0407 e. The molecule has 1 aliphatic rings. The van der Waals surface area contributed by atoms with E-state index in [0.717, 1.165) is 13.1 Å². The van der Waals surface area contributed by atoms with Gasteiger partial charge in [0.05, 0.1) is 0 Å². The van der Waals surface area contributed by atoms with Crippen molar-refractivity contribution in [2.24, 2.45) is 0 Å². The number of benzene rings is 3. The second-order valence-electron chi connectivity index (χ2n) is 11.7. The number of hydrogen-bond donors (Lipinski definition) is 0. The zero-order valence-corrected chi connectivity index (χ0v) is 27.8. The van der Waals surface area contributed by atoms with Crippen molar-refractivity contribution in [1.29, 1.82) is 0 Å². The molecule has 0 saturated carbocycles. The van der Waals surface area contributed by atoms with Gasteiger partial charge in [-0.3, -0.25) is 0 Å². The smallest absolute Gasteiger partial charge is 0.0407 e. The third-order valence-corrected chi connectivity index (χ3v) is 8.39. The number of hydrogen-bond acceptors (Lipinski definition) is 2. The predicted molar refractivity (Wildman–Crippen MR) is 175 cm³/mol. The van der Waals surface area contributed by atoms with Gasteiger partial charge < -0.3 is 0 Å². The van der Waals surface area contributed by atoms with Gasteiger partial charge in [0.15, 0.2) is 0 Å². The van der Waals surface area contributed by atoms with Gasteiger partial charge in [0.1, 0.15) is 0 Å². The third kappa shape index (κ3) is 7.76. The average Bonchev–Trinajstić information content (AvgIpc) is 3.32. The molecule has 1 saturated heterocycles. The first-order valence-corrected chi connectivity index (χ1v) is 16.0. The van der Waals surface area contributed by atoms with E-state index < -0.39 is 0 Å². The van der Waals surface area contributed by atoms with Crippen LogP contribution in [0.25, 0.3) is 6.08 Å². The second-order valence-corrected chi connectivity index (χ2v) is 12.7. The first kappa shape index (κ1) is 32.3. The predicted octanol–water partition coefficient (Wildman–Crippen LogP) is 10.1. The fraction of sp³-hybridized carbons (Fsp3) is 0.417. The van der Waals surface area contributed by atoms with Crippen LogP contribution in [0.5, 0.6) is 0 Å². The molecule has 0 unspecified atom stereocenters. The van der Waals surface area contributed by atoms with Crippen LogP contribution in [0.4, 0.5) is 11.4 Å². The van der Waals surface area contributed by atoms with Crippen molar-refractivity contribution >= 4 is 33.3 Å². The van der Waals surface area contributed by atoms with E-state index in [1.165, 1.54) is 43.4 Å². The Morgan fingerprint density at radius 1 is 0.650 bits per heavy atom. The van der Waals surface area contributed by atoms with Gasteiger partial charge in [-0.05, 0) is 5.56 Å². The molecule has 0 aromatic heterocycles. The van der Waals surface area contributed by atoms with E-state index in [1.54, 1.807) is 0 Å². The van der Waals surface area contributed by atoms with E-state index >= 15 is 0 Å². The van der Waals surface area contributed by atoms with Crippen LogP contribution >= 0.6 is 11.6 Å². The minimum Gasteiger partial charge on any atom is -0.122 e. The molecule has 1 fully saturated rings. The first-order chi connectivity index (χ1) is 19.1. The molecule has 0 aliphatic carbocycles. The van der Waals surface area contributed by atoms with Crippen LogP contribution in [0.15, 0.2) is 72.8 Å². The molecule has 0 amide bonds. The summed E-state index contributed by atoms with van der Waals surface area (Å²) in [7, 11) is 0. The second kappa shape index (κ2) is 15.2. The largest absolute Gasteiger partial charge is 0.122 e. The van der Waals surface area contributed by atoms with E-state index in [0.29, 0.717) is 29.6 Å². The van der Waals surface area contributed by atoms with Gasteiger partial charge in [-0.1, -0.05) is 42.5 Å². The van der Waals surface area contributed by atoms with E-state index in [1.807, 2.05) is 42.5 Å². The molecule has 1 heterocycles. The minimum absolute atomic E-state index is 0.493. The quantitative estimate of drug-likeness (QED) is 0.177. The van der Waals surface area contributed by atoms with Crippen molar-refractivity contribution in [3.63, 3.8) is 0 Å². The Morgan fingerprint density at radius 3 is 1.48 bits per heavy atom. The molecule has 3 aromatic rings. The molecular weight excluding hydrogens is 602 g/mol. The third-order valence-electron chi connectivity index (χ3n) is 7.37. The summed E-state index contributed by atoms with van der Waals surface area (Å²) < 4.78 is 1.20. The Balaban J connectivity index is 0.000000371. The summed E-state index contributed by atoms with van der Waals surface area (Å²) in [5, 5.41) is 0. The monoisotopic (exact) mass is 648 g/mol. The van der Waals surface area contributed by atoms with E-state index in [2.05, 4.69) is 120 Å². The fourth-order valence-corrected chi connectivity index (χ4v) is 6.37. The number of nitrogens with zero attached hydrogens (tertiary/aromatic N) is 2. The summed E-state index contributed by atoms with van der Waals surface area (Å²) in [6.07, 6.45) is 3.93. The number of halogens is 1. The summed E-state index contributed by atoms with van der Waals surface area (Å²) in [5.41, 5.74) is 9.81. The van der Waals surface area contributed by atoms with Crippen LogP contribution in [-0.4, -0.2) is 23.2 Å². The number of rotatable bonds is 8. The van der Waals surface area contributed by atoms with Gasteiger partial charge in [0.2, 0.25) is 0 Å². The van der Waals surface area contributed by atoms with E-state index in [9.17, 15) is 0 Å². The van der Waals surface area contributed by atoms with Gasteiger partial charge in [0.25, 0.3) is 0 Å². The van der Waals surface area contributed by atoms with Crippen LogP contribution < -0.4 is 9.80 Å². The number of anilines is 2. The fourth-order valence-electron chi connectivity index (χ4n) is 5.56. The molecule has 2 nitrogen and oxygen atoms in total. The van der Waals surface area contributed by atoms with Crippen LogP contribution in [-0.2, 0) is 18.7 Å². The van der Waals surface area contributed by atoms with Crippen molar-refractivity contribution in [2.45, 2.75) is 79.1 Å². The Morgan fingerprint density at radius 2 is 1.10 bits per heavy atom. The molecule has 40 heavy (non-hydrogen) atoms. The topological polar surface area (TPSA) is 6.48 Å². The summed E-state index contributed by atoms with van der Waals surface area (Å²) in [5.74, 6) is 2.62. The van der Waals surface area contributed by atoms with E-state index in [4.69, 9.17) is 11.6 Å². The zero-order valence-electron chi connectivity index (χ0n) is 25.5. The van der Waals surface area contributed by atoms with Crippen LogP contribution in [0.3, 0.4) is 0 Å². The summed E-state index contributed by atoms with van der Waals surface area (Å²) >= 11 is 9.13.